The van der Waals surface area contributed by atoms with Crippen molar-refractivity contribution < 1.29 is 4.42 Å². The number of rotatable bonds is 5. The third-order valence-corrected chi connectivity index (χ3v) is 4.07. The van der Waals surface area contributed by atoms with E-state index in [0.29, 0.717) is 6.04 Å². The molecule has 0 aliphatic heterocycles. The minimum Gasteiger partial charge on any atom is -0.447 e. The lowest BCUT2D eigenvalue weighted by Crippen LogP contribution is -2.25. The van der Waals surface area contributed by atoms with Crippen LogP contribution < -0.4 is 5.32 Å². The molecule has 1 aromatic heterocycles. The number of thioether (sulfide) groups is 1. The first-order chi connectivity index (χ1) is 7.38. The molecule has 3 nitrogen and oxygen atoms in total. The van der Waals surface area contributed by atoms with Gasteiger partial charge in [-0.3, -0.25) is 0 Å². The molecule has 1 fully saturated rings. The van der Waals surface area contributed by atoms with Gasteiger partial charge in [0.25, 0.3) is 0 Å². The van der Waals surface area contributed by atoms with Crippen molar-refractivity contribution in [1.82, 2.24) is 10.3 Å². The summed E-state index contributed by atoms with van der Waals surface area (Å²) < 4.78 is 5.19. The topological polar surface area (TPSA) is 38.1 Å². The fourth-order valence-corrected chi connectivity index (χ4v) is 3.23. The molecule has 2 unspecified atom stereocenters. The molecular formula is C11H18N2OS. The highest BCUT2D eigenvalue weighted by Gasteiger charge is 2.23. The van der Waals surface area contributed by atoms with E-state index in [1.807, 2.05) is 0 Å². The molecule has 1 saturated carbocycles. The second kappa shape index (κ2) is 5.56. The summed E-state index contributed by atoms with van der Waals surface area (Å²) >= 11 is 2.09. The smallest absolute Gasteiger partial charge is 0.180 e. The van der Waals surface area contributed by atoms with Gasteiger partial charge in [0.15, 0.2) is 6.39 Å². The number of hydrogen-bond acceptors (Lipinski definition) is 4. The lowest BCUT2D eigenvalue weighted by Gasteiger charge is -2.11. The van der Waals surface area contributed by atoms with Crippen molar-refractivity contribution in [2.24, 2.45) is 0 Å². The maximum Gasteiger partial charge on any atom is 0.180 e. The van der Waals surface area contributed by atoms with Crippen molar-refractivity contribution in [3.05, 3.63) is 18.4 Å². The van der Waals surface area contributed by atoms with Crippen LogP contribution in [0.25, 0.3) is 0 Å². The van der Waals surface area contributed by atoms with Crippen molar-refractivity contribution in [3.63, 3.8) is 0 Å². The van der Waals surface area contributed by atoms with Gasteiger partial charge in [-0.25, -0.2) is 4.98 Å². The predicted octanol–water partition coefficient (Wildman–Crippen LogP) is 2.44. The number of oxazole rings is 1. The van der Waals surface area contributed by atoms with Crippen LogP contribution in [0, 0.1) is 0 Å². The molecule has 2 rings (SSSR count). The van der Waals surface area contributed by atoms with Crippen LogP contribution in [0.4, 0.5) is 0 Å². The molecule has 1 aromatic rings. The Morgan fingerprint density at radius 3 is 3.27 bits per heavy atom. The molecule has 0 radical (unpaired) electrons. The third kappa shape index (κ3) is 3.24. The largest absolute Gasteiger partial charge is 0.447 e. The first-order valence-corrected chi connectivity index (χ1v) is 6.65. The Morgan fingerprint density at radius 2 is 2.53 bits per heavy atom. The Kier molecular flexibility index (Phi) is 4.09. The van der Waals surface area contributed by atoms with E-state index >= 15 is 0 Å². The first kappa shape index (κ1) is 11.0. The lowest BCUT2D eigenvalue weighted by molar-refractivity contribution is 0.444. The normalized spacial score (nSPS) is 25.9. The van der Waals surface area contributed by atoms with Crippen LogP contribution in [0.3, 0.4) is 0 Å². The molecule has 0 spiro atoms. The van der Waals surface area contributed by atoms with Gasteiger partial charge in [0.1, 0.15) is 5.76 Å². The van der Waals surface area contributed by atoms with Gasteiger partial charge >= 0.3 is 0 Å². The summed E-state index contributed by atoms with van der Waals surface area (Å²) in [6.07, 6.45) is 7.21. The summed E-state index contributed by atoms with van der Waals surface area (Å²) in [5.74, 6) is 2.17. The average molecular weight is 226 g/mol. The maximum atomic E-state index is 5.19. The molecule has 1 N–H and O–H groups in total. The van der Waals surface area contributed by atoms with Crippen molar-refractivity contribution >= 4 is 11.8 Å². The third-order valence-electron chi connectivity index (χ3n) is 2.84. The number of aromatic nitrogens is 1. The Morgan fingerprint density at radius 1 is 1.60 bits per heavy atom. The van der Waals surface area contributed by atoms with E-state index in [9.17, 15) is 0 Å². The van der Waals surface area contributed by atoms with E-state index in [2.05, 4.69) is 29.0 Å². The lowest BCUT2D eigenvalue weighted by atomic mass is 10.2. The molecule has 0 saturated heterocycles. The Bertz CT molecular complexity index is 276. The van der Waals surface area contributed by atoms with Gasteiger partial charge in [0.2, 0.25) is 0 Å². The summed E-state index contributed by atoms with van der Waals surface area (Å²) in [4.78, 5) is 3.90. The zero-order chi connectivity index (χ0) is 10.5. The van der Waals surface area contributed by atoms with E-state index in [0.717, 1.165) is 17.6 Å². The summed E-state index contributed by atoms with van der Waals surface area (Å²) in [5, 5.41) is 4.39. The summed E-state index contributed by atoms with van der Waals surface area (Å²) in [5.41, 5.74) is 0. The molecule has 15 heavy (non-hydrogen) atoms. The van der Waals surface area contributed by atoms with Crippen LogP contribution in [-0.2, 0) is 6.54 Å². The predicted molar refractivity (Wildman–Crippen MR) is 62.9 cm³/mol. The van der Waals surface area contributed by atoms with Crippen LogP contribution in [0.2, 0.25) is 0 Å². The first-order valence-electron chi connectivity index (χ1n) is 5.61. The molecule has 1 heterocycles. The molecule has 4 heteroatoms. The Labute approximate surface area is 95.0 Å². The fourth-order valence-electron chi connectivity index (χ4n) is 2.09. The van der Waals surface area contributed by atoms with Gasteiger partial charge in [-0.1, -0.05) is 6.92 Å². The molecule has 0 bridgehead atoms. The van der Waals surface area contributed by atoms with Crippen molar-refractivity contribution in [2.45, 2.75) is 44.0 Å². The minimum absolute atomic E-state index is 0.666. The van der Waals surface area contributed by atoms with E-state index in [1.54, 1.807) is 6.20 Å². The van der Waals surface area contributed by atoms with Crippen molar-refractivity contribution in [1.29, 1.82) is 0 Å². The zero-order valence-electron chi connectivity index (χ0n) is 9.11. The molecule has 0 aromatic carbocycles. The molecule has 1 aliphatic carbocycles. The second-order valence-corrected chi connectivity index (χ2v) is 5.51. The molecule has 1 aliphatic rings. The van der Waals surface area contributed by atoms with E-state index in [-0.39, 0.29) is 0 Å². The van der Waals surface area contributed by atoms with Gasteiger partial charge in [0.05, 0.1) is 12.7 Å². The van der Waals surface area contributed by atoms with Crippen LogP contribution in [0.5, 0.6) is 0 Å². The highest BCUT2D eigenvalue weighted by Crippen LogP contribution is 2.29. The maximum absolute atomic E-state index is 5.19. The van der Waals surface area contributed by atoms with Crippen molar-refractivity contribution in [2.75, 3.05) is 5.75 Å². The minimum atomic E-state index is 0.666. The second-order valence-electron chi connectivity index (χ2n) is 3.94. The number of nitrogens with zero attached hydrogens (tertiary/aromatic N) is 1. The number of nitrogens with one attached hydrogen (secondary N) is 1. The van der Waals surface area contributed by atoms with Crippen molar-refractivity contribution in [3.8, 4) is 0 Å². The standard InChI is InChI=1S/C11H18N2OS/c1-2-15-11-4-3-9(5-11)13-7-10-6-12-8-14-10/h6,8-9,11,13H,2-5,7H2,1H3. The van der Waals surface area contributed by atoms with Gasteiger partial charge in [-0.05, 0) is 25.0 Å². The molecular weight excluding hydrogens is 208 g/mol. The molecule has 84 valence electrons. The van der Waals surface area contributed by atoms with E-state index in [1.165, 1.54) is 31.4 Å². The SMILES string of the molecule is CCSC1CCC(NCc2cnco2)C1. The van der Waals surface area contributed by atoms with E-state index in [4.69, 9.17) is 4.42 Å². The Hall–Kier alpha value is -0.480. The fraction of sp³-hybridized carbons (Fsp3) is 0.727. The van der Waals surface area contributed by atoms with Gasteiger partial charge in [-0.2, -0.15) is 11.8 Å². The van der Waals surface area contributed by atoms with Crippen LogP contribution >= 0.6 is 11.8 Å². The zero-order valence-corrected chi connectivity index (χ0v) is 9.93. The average Bonchev–Trinajstić information content (AvgIpc) is 2.85. The number of hydrogen-bond donors (Lipinski definition) is 1. The monoisotopic (exact) mass is 226 g/mol. The van der Waals surface area contributed by atoms with Gasteiger partial charge < -0.3 is 9.73 Å². The van der Waals surface area contributed by atoms with Crippen LogP contribution in [-0.4, -0.2) is 22.0 Å². The quantitative estimate of drug-likeness (QED) is 0.837. The summed E-state index contributed by atoms with van der Waals surface area (Å²) in [6, 6.07) is 0.666. The van der Waals surface area contributed by atoms with Gasteiger partial charge in [0, 0.05) is 11.3 Å². The highest BCUT2D eigenvalue weighted by molar-refractivity contribution is 7.99. The van der Waals surface area contributed by atoms with Crippen LogP contribution in [0.15, 0.2) is 17.0 Å². The van der Waals surface area contributed by atoms with E-state index < -0.39 is 0 Å². The summed E-state index contributed by atoms with van der Waals surface area (Å²) in [7, 11) is 0. The van der Waals surface area contributed by atoms with Crippen LogP contribution in [0.1, 0.15) is 31.9 Å². The Balaban J connectivity index is 1.69. The molecule has 2 atom stereocenters. The molecule has 0 amide bonds. The van der Waals surface area contributed by atoms with Gasteiger partial charge in [-0.15, -0.1) is 0 Å². The highest BCUT2D eigenvalue weighted by atomic mass is 32.2. The summed E-state index contributed by atoms with van der Waals surface area (Å²) in [6.45, 7) is 3.05.